The SMILES string of the molecule is Cc1onc(-c2ccccc2Cl)c1C(=O)Nc1cc(S(=O)(=O)N2CCCC2)ccc1Cl. The zero-order chi connectivity index (χ0) is 22.2. The summed E-state index contributed by atoms with van der Waals surface area (Å²) in [6, 6.07) is 11.2. The van der Waals surface area contributed by atoms with Gasteiger partial charge < -0.3 is 9.84 Å². The topological polar surface area (TPSA) is 92.5 Å². The number of sulfonamides is 1. The summed E-state index contributed by atoms with van der Waals surface area (Å²) in [5.41, 5.74) is 1.20. The molecule has 10 heteroatoms. The summed E-state index contributed by atoms with van der Waals surface area (Å²) in [4.78, 5) is 13.2. The van der Waals surface area contributed by atoms with Gasteiger partial charge in [-0.05, 0) is 44.0 Å². The average Bonchev–Trinajstić information content (AvgIpc) is 3.40. The number of carbonyl (C=O) groups is 1. The van der Waals surface area contributed by atoms with E-state index in [1.807, 2.05) is 0 Å². The number of anilines is 1. The summed E-state index contributed by atoms with van der Waals surface area (Å²) in [6.45, 7) is 2.57. The molecule has 1 fully saturated rings. The fourth-order valence-corrected chi connectivity index (χ4v) is 5.43. The summed E-state index contributed by atoms with van der Waals surface area (Å²) in [6.07, 6.45) is 1.65. The van der Waals surface area contributed by atoms with Crippen LogP contribution in [0.5, 0.6) is 0 Å². The Morgan fingerprint density at radius 2 is 1.81 bits per heavy atom. The van der Waals surface area contributed by atoms with Crippen molar-refractivity contribution >= 4 is 44.8 Å². The molecule has 1 aliphatic rings. The van der Waals surface area contributed by atoms with Gasteiger partial charge in [0.2, 0.25) is 10.0 Å². The third kappa shape index (κ3) is 4.21. The van der Waals surface area contributed by atoms with E-state index >= 15 is 0 Å². The molecule has 3 aromatic rings. The Morgan fingerprint density at radius 1 is 1.10 bits per heavy atom. The van der Waals surface area contributed by atoms with E-state index in [4.69, 9.17) is 27.7 Å². The van der Waals surface area contributed by atoms with Crippen molar-refractivity contribution in [2.24, 2.45) is 0 Å². The van der Waals surface area contributed by atoms with Crippen molar-refractivity contribution in [3.05, 3.63) is 63.8 Å². The zero-order valence-corrected chi connectivity index (χ0v) is 18.9. The van der Waals surface area contributed by atoms with E-state index in [0.717, 1.165) is 12.8 Å². The van der Waals surface area contributed by atoms with Crippen LogP contribution in [0.1, 0.15) is 29.0 Å². The lowest BCUT2D eigenvalue weighted by atomic mass is 10.1. The Morgan fingerprint density at radius 3 is 2.52 bits per heavy atom. The number of amides is 1. The molecule has 1 amide bonds. The minimum absolute atomic E-state index is 0.0717. The number of nitrogens with one attached hydrogen (secondary N) is 1. The fourth-order valence-electron chi connectivity index (χ4n) is 3.50. The second-order valence-electron chi connectivity index (χ2n) is 7.15. The molecule has 162 valence electrons. The molecular formula is C21H19Cl2N3O4S. The van der Waals surface area contributed by atoms with Crippen LogP contribution in [0.2, 0.25) is 10.0 Å². The highest BCUT2D eigenvalue weighted by molar-refractivity contribution is 7.89. The van der Waals surface area contributed by atoms with Crippen LogP contribution >= 0.6 is 23.2 Å². The molecule has 4 rings (SSSR count). The summed E-state index contributed by atoms with van der Waals surface area (Å²) in [7, 11) is -3.66. The maximum Gasteiger partial charge on any atom is 0.261 e. The third-order valence-electron chi connectivity index (χ3n) is 5.11. The lowest BCUT2D eigenvalue weighted by Gasteiger charge is -2.17. The molecule has 0 radical (unpaired) electrons. The second kappa shape index (κ2) is 8.63. The molecule has 1 N–H and O–H groups in total. The minimum atomic E-state index is -3.66. The molecular weight excluding hydrogens is 461 g/mol. The van der Waals surface area contributed by atoms with Gasteiger partial charge in [0, 0.05) is 18.7 Å². The standard InChI is InChI=1S/C21H19Cl2N3O4S/c1-13-19(20(25-30-13)15-6-2-3-7-16(15)22)21(27)24-18-12-14(8-9-17(18)23)31(28,29)26-10-4-5-11-26/h2-3,6-9,12H,4-5,10-11H2,1H3,(H,24,27). The number of carbonyl (C=O) groups excluding carboxylic acids is 1. The molecule has 0 saturated carbocycles. The summed E-state index contributed by atoms with van der Waals surface area (Å²) >= 11 is 12.5. The van der Waals surface area contributed by atoms with Crippen molar-refractivity contribution in [3.8, 4) is 11.3 Å². The quantitative estimate of drug-likeness (QED) is 0.555. The number of nitrogens with zero attached hydrogens (tertiary/aromatic N) is 2. The average molecular weight is 480 g/mol. The van der Waals surface area contributed by atoms with E-state index < -0.39 is 15.9 Å². The van der Waals surface area contributed by atoms with Crippen LogP contribution in [0.4, 0.5) is 5.69 Å². The predicted octanol–water partition coefficient (Wildman–Crippen LogP) is 4.99. The van der Waals surface area contributed by atoms with Crippen LogP contribution < -0.4 is 5.32 Å². The van der Waals surface area contributed by atoms with E-state index in [1.54, 1.807) is 31.2 Å². The molecule has 0 spiro atoms. The van der Waals surface area contributed by atoms with Crippen LogP contribution in [0, 0.1) is 6.92 Å². The van der Waals surface area contributed by atoms with Crippen LogP contribution in [0.15, 0.2) is 51.9 Å². The molecule has 2 heterocycles. The van der Waals surface area contributed by atoms with Crippen molar-refractivity contribution in [1.29, 1.82) is 0 Å². The molecule has 0 unspecified atom stereocenters. The number of hydrogen-bond acceptors (Lipinski definition) is 5. The lowest BCUT2D eigenvalue weighted by Crippen LogP contribution is -2.28. The fraction of sp³-hybridized carbons (Fsp3) is 0.238. The van der Waals surface area contributed by atoms with Crippen molar-refractivity contribution in [1.82, 2.24) is 9.46 Å². The van der Waals surface area contributed by atoms with Gasteiger partial charge >= 0.3 is 0 Å². The van der Waals surface area contributed by atoms with Gasteiger partial charge in [0.25, 0.3) is 5.91 Å². The summed E-state index contributed by atoms with van der Waals surface area (Å²) in [5, 5.41) is 7.30. The highest BCUT2D eigenvalue weighted by Gasteiger charge is 2.28. The molecule has 0 atom stereocenters. The predicted molar refractivity (Wildman–Crippen MR) is 119 cm³/mol. The minimum Gasteiger partial charge on any atom is -0.360 e. The van der Waals surface area contributed by atoms with E-state index in [-0.39, 0.29) is 26.9 Å². The van der Waals surface area contributed by atoms with Gasteiger partial charge in [0.15, 0.2) is 0 Å². The first-order valence-corrected chi connectivity index (χ1v) is 11.8. The highest BCUT2D eigenvalue weighted by Crippen LogP contribution is 2.33. The second-order valence-corrected chi connectivity index (χ2v) is 9.90. The van der Waals surface area contributed by atoms with E-state index in [2.05, 4.69) is 10.5 Å². The first-order chi connectivity index (χ1) is 14.8. The number of rotatable bonds is 5. The van der Waals surface area contributed by atoms with Crippen LogP contribution in [-0.4, -0.2) is 36.9 Å². The van der Waals surface area contributed by atoms with E-state index in [9.17, 15) is 13.2 Å². The third-order valence-corrected chi connectivity index (χ3v) is 7.66. The molecule has 1 aliphatic heterocycles. The van der Waals surface area contributed by atoms with Gasteiger partial charge in [0.1, 0.15) is 17.0 Å². The van der Waals surface area contributed by atoms with Crippen LogP contribution in [0.25, 0.3) is 11.3 Å². The molecule has 31 heavy (non-hydrogen) atoms. The summed E-state index contributed by atoms with van der Waals surface area (Å²) < 4.78 is 32.4. The van der Waals surface area contributed by atoms with Gasteiger partial charge in [-0.3, -0.25) is 4.79 Å². The Balaban J connectivity index is 1.68. The normalized spacial score (nSPS) is 14.7. The highest BCUT2D eigenvalue weighted by atomic mass is 35.5. The van der Waals surface area contributed by atoms with Crippen LogP contribution in [0.3, 0.4) is 0 Å². The molecule has 2 aromatic carbocycles. The van der Waals surface area contributed by atoms with Crippen LogP contribution in [-0.2, 0) is 10.0 Å². The van der Waals surface area contributed by atoms with E-state index in [0.29, 0.717) is 29.4 Å². The van der Waals surface area contributed by atoms with Crippen molar-refractivity contribution in [3.63, 3.8) is 0 Å². The van der Waals surface area contributed by atoms with Gasteiger partial charge in [-0.1, -0.05) is 46.6 Å². The van der Waals surface area contributed by atoms with Crippen molar-refractivity contribution in [2.75, 3.05) is 18.4 Å². The Kier molecular flexibility index (Phi) is 6.07. The zero-order valence-electron chi connectivity index (χ0n) is 16.6. The molecule has 0 aliphatic carbocycles. The monoisotopic (exact) mass is 479 g/mol. The van der Waals surface area contributed by atoms with Gasteiger partial charge in [0.05, 0.1) is 20.6 Å². The molecule has 0 bridgehead atoms. The van der Waals surface area contributed by atoms with Crippen molar-refractivity contribution < 1.29 is 17.7 Å². The van der Waals surface area contributed by atoms with Gasteiger partial charge in [-0.15, -0.1) is 0 Å². The Bertz CT molecular complexity index is 1250. The van der Waals surface area contributed by atoms with Gasteiger partial charge in [-0.25, -0.2) is 8.42 Å². The maximum atomic E-state index is 13.1. The van der Waals surface area contributed by atoms with Gasteiger partial charge in [-0.2, -0.15) is 4.31 Å². The number of aryl methyl sites for hydroxylation is 1. The van der Waals surface area contributed by atoms with E-state index in [1.165, 1.54) is 22.5 Å². The first kappa shape index (κ1) is 21.8. The molecule has 1 saturated heterocycles. The molecule has 1 aromatic heterocycles. The Hall–Kier alpha value is -2.39. The number of benzene rings is 2. The summed E-state index contributed by atoms with van der Waals surface area (Å²) in [5.74, 6) is -0.240. The number of halogens is 2. The van der Waals surface area contributed by atoms with Crippen molar-refractivity contribution in [2.45, 2.75) is 24.7 Å². The smallest absolute Gasteiger partial charge is 0.261 e. The Labute approximate surface area is 190 Å². The maximum absolute atomic E-state index is 13.1. The largest absolute Gasteiger partial charge is 0.360 e. The lowest BCUT2D eigenvalue weighted by molar-refractivity contribution is 0.102. The first-order valence-electron chi connectivity index (χ1n) is 9.61. The number of hydrogen-bond donors (Lipinski definition) is 1. The number of aromatic nitrogens is 1. The molecule has 7 nitrogen and oxygen atoms in total.